The number of ether oxygens (including phenoxy) is 1. The van der Waals surface area contributed by atoms with Crippen LogP contribution in [0, 0.1) is 0 Å². The van der Waals surface area contributed by atoms with Gasteiger partial charge < -0.3 is 19.5 Å². The predicted molar refractivity (Wildman–Crippen MR) is 158 cm³/mol. The smallest absolute Gasteiger partial charge is 0.338 e. The molecule has 8 nitrogen and oxygen atoms in total. The third-order valence-corrected chi connectivity index (χ3v) is 7.63. The van der Waals surface area contributed by atoms with Crippen molar-refractivity contribution in [3.8, 4) is 5.69 Å². The number of para-hydroxylation sites is 2. The molecule has 4 aromatic rings. The molecule has 2 aliphatic rings. The molecule has 1 aromatic heterocycles. The van der Waals surface area contributed by atoms with Crippen molar-refractivity contribution in [2.24, 2.45) is 0 Å². The summed E-state index contributed by atoms with van der Waals surface area (Å²) in [5.41, 5.74) is 4.47. The summed E-state index contributed by atoms with van der Waals surface area (Å²) in [6.07, 6.45) is 3.67. The van der Waals surface area contributed by atoms with Crippen molar-refractivity contribution < 1.29 is 19.1 Å². The minimum absolute atomic E-state index is 0.0179. The number of aromatic nitrogens is 1. The lowest BCUT2D eigenvalue weighted by atomic mass is 9.97. The fourth-order valence-electron chi connectivity index (χ4n) is 5.30. The molecule has 1 atom stereocenters. The highest BCUT2D eigenvalue weighted by molar-refractivity contribution is 6.30. The lowest BCUT2D eigenvalue weighted by Gasteiger charge is -2.39. The maximum Gasteiger partial charge on any atom is 0.338 e. The van der Waals surface area contributed by atoms with Crippen molar-refractivity contribution in [3.63, 3.8) is 0 Å². The Kier molecular flexibility index (Phi) is 7.24. The summed E-state index contributed by atoms with van der Waals surface area (Å²) in [6.45, 7) is 1.95. The van der Waals surface area contributed by atoms with E-state index < -0.39 is 12.0 Å². The number of carbonyl (C=O) groups excluding carboxylic acids is 3. The number of esters is 1. The maximum atomic E-state index is 14.2. The van der Waals surface area contributed by atoms with Crippen LogP contribution in [0.3, 0.4) is 0 Å². The molecule has 9 heteroatoms. The number of rotatable bonds is 7. The van der Waals surface area contributed by atoms with Crippen LogP contribution in [0.4, 0.5) is 16.2 Å². The number of halogens is 1. The van der Waals surface area contributed by atoms with Gasteiger partial charge in [-0.1, -0.05) is 35.9 Å². The van der Waals surface area contributed by atoms with Crippen molar-refractivity contribution in [1.82, 2.24) is 9.47 Å². The Balaban J connectivity index is 1.28. The molecule has 1 saturated carbocycles. The van der Waals surface area contributed by atoms with E-state index >= 15 is 0 Å². The SMILES string of the molecule is CCOC(=O)c1ccc(NC(=O)N(CC(=O)N2c3ccccc3-n3cccc3[C@@H]2c2ccc(Cl)cc2)C2CC2)cc1. The number of amides is 3. The zero-order chi connectivity index (χ0) is 28.5. The number of anilines is 2. The monoisotopic (exact) mass is 568 g/mol. The largest absolute Gasteiger partial charge is 0.462 e. The summed E-state index contributed by atoms with van der Waals surface area (Å²) in [6, 6.07) is 25.0. The van der Waals surface area contributed by atoms with Crippen LogP contribution >= 0.6 is 11.6 Å². The molecule has 208 valence electrons. The Bertz CT molecular complexity index is 1590. The van der Waals surface area contributed by atoms with Gasteiger partial charge in [0.2, 0.25) is 5.91 Å². The highest BCUT2D eigenvalue weighted by atomic mass is 35.5. The van der Waals surface area contributed by atoms with E-state index in [0.29, 0.717) is 16.3 Å². The molecular formula is C32H29ClN4O4. The Morgan fingerprint density at radius 2 is 1.63 bits per heavy atom. The molecule has 0 saturated heterocycles. The molecule has 1 aliphatic carbocycles. The number of nitrogens with zero attached hydrogens (tertiary/aromatic N) is 3. The summed E-state index contributed by atoms with van der Waals surface area (Å²) in [5, 5.41) is 3.51. The van der Waals surface area contributed by atoms with Crippen molar-refractivity contribution >= 4 is 40.9 Å². The Morgan fingerprint density at radius 1 is 0.927 bits per heavy atom. The van der Waals surface area contributed by atoms with Crippen LogP contribution in [-0.2, 0) is 9.53 Å². The Labute approximate surface area is 243 Å². The molecule has 2 heterocycles. The molecule has 0 spiro atoms. The van der Waals surface area contributed by atoms with Crippen LogP contribution in [0.1, 0.15) is 47.4 Å². The van der Waals surface area contributed by atoms with Crippen molar-refractivity contribution in [2.75, 3.05) is 23.4 Å². The van der Waals surface area contributed by atoms with E-state index in [1.807, 2.05) is 66.9 Å². The van der Waals surface area contributed by atoms with Gasteiger partial charge >= 0.3 is 12.0 Å². The standard InChI is InChI=1S/C32H29ClN4O4/c1-2-41-31(39)22-11-15-24(16-12-22)34-32(40)36(25-17-18-25)20-29(38)37-27-7-4-3-6-26(27)35-19-5-8-28(35)30(37)21-9-13-23(33)14-10-21/h3-16,19,25,30H,2,17-18,20H2,1H3,(H,34,40)/t30-/m0/s1. The van der Waals surface area contributed by atoms with Crippen LogP contribution < -0.4 is 10.2 Å². The summed E-state index contributed by atoms with van der Waals surface area (Å²) >= 11 is 6.20. The Morgan fingerprint density at radius 3 is 2.32 bits per heavy atom. The summed E-state index contributed by atoms with van der Waals surface area (Å²) < 4.78 is 7.13. The van der Waals surface area contributed by atoms with E-state index in [1.54, 1.807) is 41.0 Å². The minimum Gasteiger partial charge on any atom is -0.462 e. The first-order valence-electron chi connectivity index (χ1n) is 13.6. The van der Waals surface area contributed by atoms with Gasteiger partial charge in [0.1, 0.15) is 12.6 Å². The maximum absolute atomic E-state index is 14.2. The van der Waals surface area contributed by atoms with Gasteiger partial charge in [-0.25, -0.2) is 9.59 Å². The van der Waals surface area contributed by atoms with Crippen LogP contribution in [-0.4, -0.2) is 46.6 Å². The second kappa shape index (κ2) is 11.1. The first kappa shape index (κ1) is 26.7. The topological polar surface area (TPSA) is 83.9 Å². The molecule has 3 amide bonds. The molecule has 41 heavy (non-hydrogen) atoms. The fraction of sp³-hybridized carbons (Fsp3) is 0.219. The van der Waals surface area contributed by atoms with E-state index in [2.05, 4.69) is 9.88 Å². The van der Waals surface area contributed by atoms with Gasteiger partial charge in [-0.15, -0.1) is 0 Å². The molecule has 3 aromatic carbocycles. The van der Waals surface area contributed by atoms with Gasteiger partial charge in [-0.3, -0.25) is 9.69 Å². The second-order valence-electron chi connectivity index (χ2n) is 10.1. The lowest BCUT2D eigenvalue weighted by Crippen LogP contribution is -2.48. The molecule has 1 fully saturated rings. The highest BCUT2D eigenvalue weighted by Crippen LogP contribution is 2.42. The van der Waals surface area contributed by atoms with Crippen LogP contribution in [0.25, 0.3) is 5.69 Å². The highest BCUT2D eigenvalue weighted by Gasteiger charge is 2.40. The van der Waals surface area contributed by atoms with E-state index in [-0.39, 0.29) is 31.1 Å². The molecule has 0 unspecified atom stereocenters. The fourth-order valence-corrected chi connectivity index (χ4v) is 5.42. The predicted octanol–water partition coefficient (Wildman–Crippen LogP) is 6.44. The Hall–Kier alpha value is -4.56. The summed E-state index contributed by atoms with van der Waals surface area (Å²) in [7, 11) is 0. The number of urea groups is 1. The van der Waals surface area contributed by atoms with Gasteiger partial charge in [-0.05, 0) is 86.0 Å². The first-order chi connectivity index (χ1) is 19.9. The molecule has 0 radical (unpaired) electrons. The molecule has 0 bridgehead atoms. The molecule has 6 rings (SSSR count). The van der Waals surface area contributed by atoms with Crippen molar-refractivity contribution in [1.29, 1.82) is 0 Å². The number of nitrogens with one attached hydrogen (secondary N) is 1. The zero-order valence-corrected chi connectivity index (χ0v) is 23.3. The zero-order valence-electron chi connectivity index (χ0n) is 22.5. The molecule has 1 N–H and O–H groups in total. The second-order valence-corrected chi connectivity index (χ2v) is 10.5. The average molecular weight is 569 g/mol. The van der Waals surface area contributed by atoms with Crippen LogP contribution in [0.15, 0.2) is 91.1 Å². The van der Waals surface area contributed by atoms with Crippen LogP contribution in [0.5, 0.6) is 0 Å². The van der Waals surface area contributed by atoms with Gasteiger partial charge in [0.05, 0.1) is 29.2 Å². The summed E-state index contributed by atoms with van der Waals surface area (Å²) in [5.74, 6) is -0.608. The molecular weight excluding hydrogens is 540 g/mol. The third-order valence-electron chi connectivity index (χ3n) is 7.38. The lowest BCUT2D eigenvalue weighted by molar-refractivity contribution is -0.119. The summed E-state index contributed by atoms with van der Waals surface area (Å²) in [4.78, 5) is 43.1. The van der Waals surface area contributed by atoms with Gasteiger partial charge in [-0.2, -0.15) is 0 Å². The van der Waals surface area contributed by atoms with Gasteiger partial charge in [0.25, 0.3) is 0 Å². The van der Waals surface area contributed by atoms with Gasteiger partial charge in [0.15, 0.2) is 0 Å². The average Bonchev–Trinajstić information content (AvgIpc) is 3.71. The molecule has 1 aliphatic heterocycles. The number of hydrogen-bond acceptors (Lipinski definition) is 4. The van der Waals surface area contributed by atoms with E-state index in [4.69, 9.17) is 16.3 Å². The number of hydrogen-bond donors (Lipinski definition) is 1. The van der Waals surface area contributed by atoms with Gasteiger partial charge in [0, 0.05) is 22.9 Å². The number of fused-ring (bicyclic) bond motifs is 3. The minimum atomic E-state index is -0.418. The van der Waals surface area contributed by atoms with Crippen molar-refractivity contribution in [2.45, 2.75) is 31.8 Å². The van der Waals surface area contributed by atoms with E-state index in [0.717, 1.165) is 35.5 Å². The van der Waals surface area contributed by atoms with E-state index in [1.165, 1.54) is 0 Å². The number of benzene rings is 3. The van der Waals surface area contributed by atoms with Crippen LogP contribution in [0.2, 0.25) is 5.02 Å². The van der Waals surface area contributed by atoms with E-state index in [9.17, 15) is 14.4 Å². The first-order valence-corrected chi connectivity index (χ1v) is 14.0. The quantitative estimate of drug-likeness (QED) is 0.260. The number of carbonyl (C=O) groups is 3. The normalized spacial score (nSPS) is 15.5. The third kappa shape index (κ3) is 5.30. The van der Waals surface area contributed by atoms with Crippen molar-refractivity contribution in [3.05, 3.63) is 113 Å².